The third kappa shape index (κ3) is 4.10. The molecule has 1 aliphatic heterocycles. The van der Waals surface area contributed by atoms with Crippen molar-refractivity contribution >= 4 is 11.9 Å². The molecule has 0 spiro atoms. The van der Waals surface area contributed by atoms with Crippen LogP contribution in [-0.4, -0.2) is 20.0 Å². The molecule has 158 valence electrons. The standard InChI is InChI=1S/C25H21FO5/c1-15-10-19(30-14-16-6-4-8-18(26)11-16)13-21-23(15)24(27)22(31-21)12-17-7-5-9-20(28-2)25(17)29-3/h4-13H,14H2,1-3H3/b22-12-. The van der Waals surface area contributed by atoms with Crippen LogP contribution in [0.1, 0.15) is 27.0 Å². The molecule has 6 heteroatoms. The SMILES string of the molecule is COc1cccc(/C=C2\Oc3cc(OCc4cccc(F)c4)cc(C)c3C2=O)c1OC. The fourth-order valence-electron chi connectivity index (χ4n) is 3.52. The Labute approximate surface area is 179 Å². The van der Waals surface area contributed by atoms with Gasteiger partial charge in [-0.15, -0.1) is 0 Å². The second-order valence-corrected chi connectivity index (χ2v) is 7.05. The van der Waals surface area contributed by atoms with Gasteiger partial charge in [-0.3, -0.25) is 4.79 Å². The summed E-state index contributed by atoms with van der Waals surface area (Å²) >= 11 is 0. The summed E-state index contributed by atoms with van der Waals surface area (Å²) in [6.07, 6.45) is 1.64. The predicted octanol–water partition coefficient (Wildman–Crippen LogP) is 5.35. The molecular weight excluding hydrogens is 399 g/mol. The van der Waals surface area contributed by atoms with Crippen LogP contribution in [0.5, 0.6) is 23.0 Å². The summed E-state index contributed by atoms with van der Waals surface area (Å²) in [7, 11) is 3.09. The first-order chi connectivity index (χ1) is 15.0. The molecule has 0 amide bonds. The van der Waals surface area contributed by atoms with Gasteiger partial charge in [0.2, 0.25) is 5.78 Å². The van der Waals surface area contributed by atoms with E-state index in [1.807, 2.05) is 19.1 Å². The second kappa shape index (κ2) is 8.52. The number of para-hydroxylation sites is 1. The van der Waals surface area contributed by atoms with Crippen LogP contribution in [0.3, 0.4) is 0 Å². The maximum atomic E-state index is 13.4. The van der Waals surface area contributed by atoms with E-state index in [4.69, 9.17) is 18.9 Å². The van der Waals surface area contributed by atoms with Gasteiger partial charge in [0.05, 0.1) is 19.8 Å². The van der Waals surface area contributed by atoms with Gasteiger partial charge >= 0.3 is 0 Å². The highest BCUT2D eigenvalue weighted by molar-refractivity contribution is 6.15. The van der Waals surface area contributed by atoms with Gasteiger partial charge in [-0.05, 0) is 48.4 Å². The summed E-state index contributed by atoms with van der Waals surface area (Å²) in [6, 6.07) is 15.1. The molecule has 5 nitrogen and oxygen atoms in total. The summed E-state index contributed by atoms with van der Waals surface area (Å²) in [4.78, 5) is 13.0. The third-order valence-electron chi connectivity index (χ3n) is 4.96. The van der Waals surface area contributed by atoms with Gasteiger partial charge in [0.1, 0.15) is 23.9 Å². The molecule has 0 radical (unpaired) electrons. The van der Waals surface area contributed by atoms with Gasteiger partial charge in [0.15, 0.2) is 17.3 Å². The molecule has 0 bridgehead atoms. The summed E-state index contributed by atoms with van der Waals surface area (Å²) in [5, 5.41) is 0. The second-order valence-electron chi connectivity index (χ2n) is 7.05. The number of ether oxygens (including phenoxy) is 4. The normalized spacial score (nSPS) is 13.7. The molecule has 0 N–H and O–H groups in total. The molecule has 1 heterocycles. The van der Waals surface area contributed by atoms with Gasteiger partial charge in [0, 0.05) is 11.6 Å². The number of hydrogen-bond donors (Lipinski definition) is 0. The van der Waals surface area contributed by atoms with E-state index in [0.29, 0.717) is 39.7 Å². The number of Topliss-reactive ketones (excluding diaryl/α,β-unsaturated/α-hetero) is 1. The van der Waals surface area contributed by atoms with E-state index >= 15 is 0 Å². The fourth-order valence-corrected chi connectivity index (χ4v) is 3.52. The highest BCUT2D eigenvalue weighted by Gasteiger charge is 2.30. The van der Waals surface area contributed by atoms with E-state index in [9.17, 15) is 9.18 Å². The Morgan fingerprint density at radius 2 is 1.84 bits per heavy atom. The number of aryl methyl sites for hydroxylation is 1. The molecule has 0 aromatic heterocycles. The zero-order valence-corrected chi connectivity index (χ0v) is 17.4. The average Bonchev–Trinajstić information content (AvgIpc) is 3.07. The van der Waals surface area contributed by atoms with Crippen LogP contribution in [-0.2, 0) is 6.61 Å². The molecule has 0 unspecified atom stereocenters. The average molecular weight is 420 g/mol. The number of methoxy groups -OCH3 is 2. The minimum Gasteiger partial charge on any atom is -0.493 e. The van der Waals surface area contributed by atoms with E-state index < -0.39 is 0 Å². The van der Waals surface area contributed by atoms with Crippen molar-refractivity contribution < 1.29 is 28.1 Å². The number of halogens is 1. The van der Waals surface area contributed by atoms with Gasteiger partial charge in [0.25, 0.3) is 0 Å². The van der Waals surface area contributed by atoms with Crippen LogP contribution < -0.4 is 18.9 Å². The minimum absolute atomic E-state index is 0.187. The molecule has 3 aromatic rings. The molecule has 1 aliphatic rings. The highest BCUT2D eigenvalue weighted by Crippen LogP contribution is 2.39. The molecular formula is C25H21FO5. The Bertz CT molecular complexity index is 1180. The lowest BCUT2D eigenvalue weighted by atomic mass is 10.0. The predicted molar refractivity (Wildman–Crippen MR) is 114 cm³/mol. The lowest BCUT2D eigenvalue weighted by Crippen LogP contribution is -2.01. The number of ketones is 1. The lowest BCUT2D eigenvalue weighted by molar-refractivity contribution is 0.101. The van der Waals surface area contributed by atoms with Gasteiger partial charge < -0.3 is 18.9 Å². The van der Waals surface area contributed by atoms with Crippen LogP contribution in [0.2, 0.25) is 0 Å². The highest BCUT2D eigenvalue weighted by atomic mass is 19.1. The maximum Gasteiger partial charge on any atom is 0.232 e. The quantitative estimate of drug-likeness (QED) is 0.504. The molecule has 4 rings (SSSR count). The maximum absolute atomic E-state index is 13.4. The van der Waals surface area contributed by atoms with Gasteiger partial charge in [-0.2, -0.15) is 0 Å². The first kappa shape index (κ1) is 20.5. The number of carbonyl (C=O) groups excluding carboxylic acids is 1. The van der Waals surface area contributed by atoms with Crippen molar-refractivity contribution in [1.82, 2.24) is 0 Å². The van der Waals surface area contributed by atoms with Crippen LogP contribution in [0.25, 0.3) is 6.08 Å². The lowest BCUT2D eigenvalue weighted by Gasteiger charge is -2.10. The van der Waals surface area contributed by atoms with Crippen molar-refractivity contribution in [2.75, 3.05) is 14.2 Å². The van der Waals surface area contributed by atoms with E-state index in [1.165, 1.54) is 19.2 Å². The van der Waals surface area contributed by atoms with E-state index in [1.54, 1.807) is 43.5 Å². The molecule has 0 saturated carbocycles. The number of allylic oxidation sites excluding steroid dienone is 1. The largest absolute Gasteiger partial charge is 0.493 e. The van der Waals surface area contributed by atoms with Crippen molar-refractivity contribution in [2.24, 2.45) is 0 Å². The fraction of sp³-hybridized carbons (Fsp3) is 0.160. The van der Waals surface area contributed by atoms with Crippen LogP contribution >= 0.6 is 0 Å². The van der Waals surface area contributed by atoms with Gasteiger partial charge in [-0.25, -0.2) is 4.39 Å². The van der Waals surface area contributed by atoms with Crippen molar-refractivity contribution in [3.63, 3.8) is 0 Å². The molecule has 0 atom stereocenters. The summed E-state index contributed by atoms with van der Waals surface area (Å²) in [5.41, 5.74) is 2.60. The van der Waals surface area contributed by atoms with Crippen molar-refractivity contribution in [3.05, 3.63) is 88.4 Å². The monoisotopic (exact) mass is 420 g/mol. The minimum atomic E-state index is -0.317. The number of rotatable bonds is 6. The van der Waals surface area contributed by atoms with Crippen molar-refractivity contribution in [3.8, 4) is 23.0 Å². The molecule has 0 aliphatic carbocycles. The number of carbonyl (C=O) groups is 1. The topological polar surface area (TPSA) is 54.0 Å². The van der Waals surface area contributed by atoms with Crippen LogP contribution in [0.4, 0.5) is 4.39 Å². The Hall–Kier alpha value is -3.80. The number of hydrogen-bond acceptors (Lipinski definition) is 5. The van der Waals surface area contributed by atoms with Crippen LogP contribution in [0, 0.1) is 12.7 Å². The number of fused-ring (bicyclic) bond motifs is 1. The first-order valence-corrected chi connectivity index (χ1v) is 9.67. The Kier molecular flexibility index (Phi) is 5.62. The summed E-state index contributed by atoms with van der Waals surface area (Å²) in [5.74, 6) is 1.69. The zero-order chi connectivity index (χ0) is 22.0. The Morgan fingerprint density at radius 3 is 2.58 bits per heavy atom. The van der Waals surface area contributed by atoms with Gasteiger partial charge in [-0.1, -0.05) is 24.3 Å². The summed E-state index contributed by atoms with van der Waals surface area (Å²) in [6.45, 7) is 2.03. The van der Waals surface area contributed by atoms with E-state index in [0.717, 1.165) is 5.56 Å². The third-order valence-corrected chi connectivity index (χ3v) is 4.96. The molecule has 0 saturated heterocycles. The number of benzene rings is 3. The Balaban J connectivity index is 1.60. The van der Waals surface area contributed by atoms with E-state index in [-0.39, 0.29) is 24.0 Å². The van der Waals surface area contributed by atoms with Crippen LogP contribution in [0.15, 0.2) is 60.4 Å². The molecule has 0 fully saturated rings. The molecule has 3 aromatic carbocycles. The first-order valence-electron chi connectivity index (χ1n) is 9.67. The van der Waals surface area contributed by atoms with Crippen molar-refractivity contribution in [2.45, 2.75) is 13.5 Å². The Morgan fingerprint density at radius 1 is 1.03 bits per heavy atom. The smallest absolute Gasteiger partial charge is 0.232 e. The van der Waals surface area contributed by atoms with E-state index in [2.05, 4.69) is 0 Å². The zero-order valence-electron chi connectivity index (χ0n) is 17.4. The molecule has 31 heavy (non-hydrogen) atoms. The van der Waals surface area contributed by atoms with Crippen molar-refractivity contribution in [1.29, 1.82) is 0 Å². The summed E-state index contributed by atoms with van der Waals surface area (Å²) < 4.78 is 35.8.